The van der Waals surface area contributed by atoms with Crippen molar-refractivity contribution >= 4 is 38.1 Å². The van der Waals surface area contributed by atoms with Gasteiger partial charge in [-0.2, -0.15) is 4.39 Å². The van der Waals surface area contributed by atoms with Crippen LogP contribution < -0.4 is 0 Å². The summed E-state index contributed by atoms with van der Waals surface area (Å²) in [7, 11) is 0. The number of thiophene rings is 1. The first-order valence-corrected chi connectivity index (χ1v) is 14.7. The van der Waals surface area contributed by atoms with Gasteiger partial charge < -0.3 is 5.11 Å². The predicted octanol–water partition coefficient (Wildman–Crippen LogP) is 10.3. The van der Waals surface area contributed by atoms with Crippen molar-refractivity contribution in [2.24, 2.45) is 10.8 Å². The Bertz CT molecular complexity index is 1480. The normalized spacial score (nSPS) is 12.2. The summed E-state index contributed by atoms with van der Waals surface area (Å²) in [6.45, 7) is 16.2. The summed E-state index contributed by atoms with van der Waals surface area (Å²) in [5, 5.41) is 11.8. The molecule has 4 rings (SSSR count). The molecule has 0 spiro atoms. The van der Waals surface area contributed by atoms with Crippen LogP contribution in [-0.2, 0) is 24.9 Å². The zero-order chi connectivity index (χ0) is 29.0. The van der Waals surface area contributed by atoms with Crippen LogP contribution >= 0.6 is 11.3 Å². The minimum Gasteiger partial charge on any atom is -0.512 e. The zero-order valence-corrected chi connectivity index (χ0v) is 28.1. The van der Waals surface area contributed by atoms with Gasteiger partial charge in [-0.25, -0.2) is 0 Å². The summed E-state index contributed by atoms with van der Waals surface area (Å²) in [4.78, 5) is 17.0. The van der Waals surface area contributed by atoms with Crippen molar-refractivity contribution in [1.82, 2.24) is 4.98 Å². The predicted molar refractivity (Wildman–Crippen MR) is 164 cm³/mol. The SMILES string of the molecule is CCC(C)(CC)C(=O)/C=C(\O)C(C)(CC)CC.Cc1[c-]c(-c2nc3ccccc3c3sc(F)cc23)cc(C)c1.[Ir]. The second-order valence-electron chi connectivity index (χ2n) is 11.0. The number of hydrogen-bond donors (Lipinski definition) is 1. The number of carbonyl (C=O) groups is 1. The molecular weight excluding hydrogens is 698 g/mol. The van der Waals surface area contributed by atoms with E-state index in [1.165, 1.54) is 17.4 Å². The van der Waals surface area contributed by atoms with Crippen molar-refractivity contribution in [3.8, 4) is 11.3 Å². The molecule has 0 aliphatic rings. The molecule has 0 unspecified atom stereocenters. The summed E-state index contributed by atoms with van der Waals surface area (Å²) in [5.41, 5.74) is 4.24. The number of aliphatic hydroxyl groups is 1. The monoisotopic (exact) mass is 739 g/mol. The molecular formula is C34H41FIrNO2S-. The first-order chi connectivity index (χ1) is 18.4. The summed E-state index contributed by atoms with van der Waals surface area (Å²) < 4.78 is 14.8. The van der Waals surface area contributed by atoms with Crippen molar-refractivity contribution < 1.29 is 34.4 Å². The van der Waals surface area contributed by atoms with Gasteiger partial charge in [0.2, 0.25) is 0 Å². The number of aliphatic hydroxyl groups excluding tert-OH is 1. The topological polar surface area (TPSA) is 50.2 Å². The molecule has 0 fully saturated rings. The van der Waals surface area contributed by atoms with Crippen molar-refractivity contribution in [1.29, 1.82) is 0 Å². The van der Waals surface area contributed by atoms with Gasteiger partial charge in [-0.3, -0.25) is 9.78 Å². The number of benzene rings is 2. The second kappa shape index (κ2) is 14.0. The number of nitrogens with zero attached hydrogens (tertiary/aromatic N) is 1. The Balaban J connectivity index is 0.000000285. The third-order valence-corrected chi connectivity index (χ3v) is 9.30. The minimum atomic E-state index is -0.337. The van der Waals surface area contributed by atoms with Crippen LogP contribution in [0.5, 0.6) is 0 Å². The van der Waals surface area contributed by atoms with Gasteiger partial charge in [0.05, 0.1) is 5.52 Å². The first-order valence-electron chi connectivity index (χ1n) is 13.9. The number of aromatic nitrogens is 1. The number of rotatable bonds is 8. The molecule has 40 heavy (non-hydrogen) atoms. The van der Waals surface area contributed by atoms with Gasteiger partial charge in [-0.15, -0.1) is 46.2 Å². The Hall–Kier alpha value is -2.40. The van der Waals surface area contributed by atoms with E-state index in [4.69, 9.17) is 4.98 Å². The minimum absolute atomic E-state index is 0. The Labute approximate surface area is 256 Å². The molecule has 1 N–H and O–H groups in total. The standard InChI is InChI=1S/C19H13FNS.C15H28O2.Ir/c1-11-7-12(2)9-13(8-11)18-15-10-17(20)22-19(15)14-5-3-4-6-16(14)21-18;1-7-14(5,8-2)12(16)11-13(17)15(6,9-3)10-4;/h3-8,10H,1-2H3;11,16H,7-10H2,1-6H3;/q-1;;/b;12-11-;. The Kier molecular flexibility index (Phi) is 11.8. The van der Waals surface area contributed by atoms with Crippen LogP contribution in [0, 0.1) is 35.9 Å². The summed E-state index contributed by atoms with van der Waals surface area (Å²) >= 11 is 1.18. The van der Waals surface area contributed by atoms with Gasteiger partial charge >= 0.3 is 0 Å². The molecule has 3 nitrogen and oxygen atoms in total. The van der Waals surface area contributed by atoms with Crippen molar-refractivity contribution in [2.45, 2.75) is 81.1 Å². The summed E-state index contributed by atoms with van der Waals surface area (Å²) in [6.07, 6.45) is 4.75. The van der Waals surface area contributed by atoms with E-state index in [1.54, 1.807) is 6.07 Å². The molecule has 0 bridgehead atoms. The van der Waals surface area contributed by atoms with Crippen LogP contribution in [-0.4, -0.2) is 15.9 Å². The van der Waals surface area contributed by atoms with Crippen LogP contribution in [0.4, 0.5) is 4.39 Å². The first kappa shape index (κ1) is 33.8. The van der Waals surface area contributed by atoms with Crippen molar-refractivity contribution in [3.05, 3.63) is 76.6 Å². The van der Waals surface area contributed by atoms with Gasteiger partial charge in [0.1, 0.15) is 5.76 Å². The molecule has 0 amide bonds. The van der Waals surface area contributed by atoms with Crippen LogP contribution in [0.3, 0.4) is 0 Å². The van der Waals surface area contributed by atoms with Gasteiger partial charge in [0, 0.05) is 47.1 Å². The Morgan fingerprint density at radius 2 is 1.57 bits per heavy atom. The molecule has 0 aliphatic heterocycles. The molecule has 217 valence electrons. The number of ketones is 1. The maximum atomic E-state index is 13.9. The molecule has 0 aliphatic carbocycles. The molecule has 2 aromatic carbocycles. The van der Waals surface area contributed by atoms with Crippen LogP contribution in [0.15, 0.2) is 54.3 Å². The van der Waals surface area contributed by atoms with E-state index < -0.39 is 0 Å². The molecule has 1 radical (unpaired) electrons. The number of carbonyl (C=O) groups excluding carboxylic acids is 1. The van der Waals surface area contributed by atoms with E-state index in [2.05, 4.69) is 25.1 Å². The molecule has 2 aromatic heterocycles. The van der Waals surface area contributed by atoms with Crippen LogP contribution in [0.25, 0.3) is 32.2 Å². The number of hydrogen-bond acceptors (Lipinski definition) is 4. The van der Waals surface area contributed by atoms with E-state index in [1.807, 2.05) is 72.7 Å². The average molecular weight is 739 g/mol. The van der Waals surface area contributed by atoms with E-state index in [-0.39, 0.29) is 47.6 Å². The third-order valence-electron chi connectivity index (χ3n) is 8.34. The summed E-state index contributed by atoms with van der Waals surface area (Å²) in [6, 6.07) is 17.0. The molecule has 2 heterocycles. The molecule has 0 saturated carbocycles. The molecule has 4 aromatic rings. The van der Waals surface area contributed by atoms with Crippen molar-refractivity contribution in [2.75, 3.05) is 0 Å². The van der Waals surface area contributed by atoms with E-state index in [0.29, 0.717) is 0 Å². The van der Waals surface area contributed by atoms with Gasteiger partial charge in [0.15, 0.2) is 10.9 Å². The van der Waals surface area contributed by atoms with Gasteiger partial charge in [-0.05, 0) is 48.9 Å². The second-order valence-corrected chi connectivity index (χ2v) is 12.0. The van der Waals surface area contributed by atoms with Crippen LogP contribution in [0.2, 0.25) is 0 Å². The van der Waals surface area contributed by atoms with E-state index >= 15 is 0 Å². The molecule has 0 atom stereocenters. The average Bonchev–Trinajstić information content (AvgIpc) is 3.32. The van der Waals surface area contributed by atoms with Crippen LogP contribution in [0.1, 0.15) is 78.4 Å². The summed E-state index contributed by atoms with van der Waals surface area (Å²) in [5.74, 6) is 0.286. The number of fused-ring (bicyclic) bond motifs is 3. The van der Waals surface area contributed by atoms with Gasteiger partial charge in [0.25, 0.3) is 0 Å². The molecule has 0 saturated heterocycles. The fraction of sp³-hybridized carbons (Fsp3) is 0.412. The number of pyridine rings is 1. The van der Waals surface area contributed by atoms with Gasteiger partial charge in [-0.1, -0.05) is 73.6 Å². The number of halogens is 1. The smallest absolute Gasteiger partial charge is 0.176 e. The third kappa shape index (κ3) is 7.26. The fourth-order valence-corrected chi connectivity index (χ4v) is 5.51. The zero-order valence-electron chi connectivity index (χ0n) is 24.9. The largest absolute Gasteiger partial charge is 0.512 e. The number of aryl methyl sites for hydroxylation is 2. The Morgan fingerprint density at radius 1 is 0.975 bits per heavy atom. The van der Waals surface area contributed by atoms with E-state index in [9.17, 15) is 14.3 Å². The number of allylic oxidation sites excluding steroid dienone is 2. The fourth-order valence-electron chi connectivity index (χ4n) is 4.59. The quantitative estimate of drug-likeness (QED) is 0.111. The van der Waals surface area contributed by atoms with E-state index in [0.717, 1.165) is 69.1 Å². The number of para-hydroxylation sites is 1. The Morgan fingerprint density at radius 3 is 2.15 bits per heavy atom. The molecule has 6 heteroatoms. The maximum Gasteiger partial charge on any atom is 0.176 e. The maximum absolute atomic E-state index is 13.9. The van der Waals surface area contributed by atoms with Crippen molar-refractivity contribution in [3.63, 3.8) is 0 Å².